The molecule has 2 heterocycles. The van der Waals surface area contributed by atoms with E-state index in [0.717, 1.165) is 31.6 Å². The van der Waals surface area contributed by atoms with Crippen LogP contribution in [0, 0.1) is 0 Å². The molecule has 0 bridgehead atoms. The highest BCUT2D eigenvalue weighted by molar-refractivity contribution is 5.75. The van der Waals surface area contributed by atoms with Gasteiger partial charge in [0.1, 0.15) is 0 Å². The van der Waals surface area contributed by atoms with Crippen molar-refractivity contribution in [2.24, 2.45) is 7.05 Å². The number of benzene rings is 1. The first-order chi connectivity index (χ1) is 9.33. The number of nitrogens with zero attached hydrogens (tertiary/aromatic N) is 3. The van der Waals surface area contributed by atoms with Gasteiger partial charge in [0.25, 0.3) is 0 Å². The van der Waals surface area contributed by atoms with Crippen LogP contribution < -0.4 is 5.32 Å². The predicted molar refractivity (Wildman–Crippen MR) is 78.3 cm³/mol. The van der Waals surface area contributed by atoms with Gasteiger partial charge in [-0.3, -0.25) is 0 Å². The van der Waals surface area contributed by atoms with E-state index < -0.39 is 0 Å². The zero-order valence-corrected chi connectivity index (χ0v) is 11.6. The van der Waals surface area contributed by atoms with Crippen molar-refractivity contribution in [1.82, 2.24) is 19.8 Å². The smallest absolute Gasteiger partial charge is 0.0955 e. The monoisotopic (exact) mass is 258 g/mol. The Hall–Kier alpha value is -1.39. The number of imidazole rings is 1. The molecular weight excluding hydrogens is 236 g/mol. The second-order valence-corrected chi connectivity index (χ2v) is 5.37. The van der Waals surface area contributed by atoms with Crippen LogP contribution in [0.1, 0.15) is 12.0 Å². The fraction of sp³-hybridized carbons (Fsp3) is 0.533. The van der Waals surface area contributed by atoms with Crippen LogP contribution in [0.2, 0.25) is 0 Å². The second-order valence-electron chi connectivity index (χ2n) is 5.37. The normalized spacial score (nSPS) is 17.7. The van der Waals surface area contributed by atoms with Crippen LogP contribution in [-0.2, 0) is 13.5 Å². The summed E-state index contributed by atoms with van der Waals surface area (Å²) < 4.78 is 2.07. The Morgan fingerprint density at radius 3 is 3.16 bits per heavy atom. The van der Waals surface area contributed by atoms with Crippen molar-refractivity contribution in [2.45, 2.75) is 12.8 Å². The van der Waals surface area contributed by atoms with Gasteiger partial charge < -0.3 is 14.8 Å². The second kappa shape index (κ2) is 5.72. The molecule has 1 aliphatic rings. The van der Waals surface area contributed by atoms with E-state index in [0.29, 0.717) is 0 Å². The summed E-state index contributed by atoms with van der Waals surface area (Å²) in [7, 11) is 2.04. The average molecular weight is 258 g/mol. The minimum atomic E-state index is 1.11. The molecule has 1 N–H and O–H groups in total. The molecule has 102 valence electrons. The molecule has 0 aliphatic carbocycles. The fourth-order valence-corrected chi connectivity index (χ4v) is 2.75. The molecule has 0 unspecified atom stereocenters. The van der Waals surface area contributed by atoms with E-state index in [2.05, 4.69) is 38.0 Å². The summed E-state index contributed by atoms with van der Waals surface area (Å²) >= 11 is 0. The Morgan fingerprint density at radius 1 is 1.26 bits per heavy atom. The third kappa shape index (κ3) is 2.96. The number of rotatable bonds is 3. The Balaban J connectivity index is 1.64. The van der Waals surface area contributed by atoms with Gasteiger partial charge in [0, 0.05) is 26.7 Å². The SMILES string of the molecule is Cn1cnc2cc(CCN3CCCNCC3)ccc21. The summed E-state index contributed by atoms with van der Waals surface area (Å²) in [6, 6.07) is 6.65. The summed E-state index contributed by atoms with van der Waals surface area (Å²) in [5.41, 5.74) is 3.71. The van der Waals surface area contributed by atoms with Crippen molar-refractivity contribution < 1.29 is 0 Å². The first-order valence-electron chi connectivity index (χ1n) is 7.16. The Bertz CT molecular complexity index is 538. The van der Waals surface area contributed by atoms with Crippen molar-refractivity contribution in [3.63, 3.8) is 0 Å². The van der Waals surface area contributed by atoms with Crippen molar-refractivity contribution in [3.05, 3.63) is 30.1 Å². The Kier molecular flexibility index (Phi) is 3.80. The largest absolute Gasteiger partial charge is 0.334 e. The first-order valence-corrected chi connectivity index (χ1v) is 7.16. The topological polar surface area (TPSA) is 33.1 Å². The quantitative estimate of drug-likeness (QED) is 0.903. The van der Waals surface area contributed by atoms with Gasteiger partial charge in [-0.2, -0.15) is 0 Å². The summed E-state index contributed by atoms with van der Waals surface area (Å²) in [6.45, 7) is 5.83. The number of hydrogen-bond donors (Lipinski definition) is 1. The highest BCUT2D eigenvalue weighted by atomic mass is 15.1. The van der Waals surface area contributed by atoms with Crippen molar-refractivity contribution >= 4 is 11.0 Å². The zero-order chi connectivity index (χ0) is 13.1. The third-order valence-corrected chi connectivity index (χ3v) is 3.94. The third-order valence-electron chi connectivity index (χ3n) is 3.94. The maximum atomic E-state index is 4.43. The summed E-state index contributed by atoms with van der Waals surface area (Å²) in [6.07, 6.45) is 4.26. The van der Waals surface area contributed by atoms with Gasteiger partial charge in [0.05, 0.1) is 17.4 Å². The van der Waals surface area contributed by atoms with E-state index >= 15 is 0 Å². The highest BCUT2D eigenvalue weighted by Crippen LogP contribution is 2.14. The van der Waals surface area contributed by atoms with Gasteiger partial charge in [0.15, 0.2) is 0 Å². The Morgan fingerprint density at radius 2 is 2.21 bits per heavy atom. The number of aryl methyl sites for hydroxylation is 1. The zero-order valence-electron chi connectivity index (χ0n) is 11.6. The summed E-state index contributed by atoms with van der Waals surface area (Å²) in [4.78, 5) is 6.99. The lowest BCUT2D eigenvalue weighted by Crippen LogP contribution is -2.30. The molecule has 0 atom stereocenters. The van der Waals surface area contributed by atoms with Crippen molar-refractivity contribution in [1.29, 1.82) is 0 Å². The molecular formula is C15H22N4. The fourth-order valence-electron chi connectivity index (χ4n) is 2.75. The molecule has 2 aromatic rings. The standard InChI is InChI=1S/C15H22N4/c1-18-12-17-14-11-13(3-4-15(14)18)5-9-19-8-2-6-16-7-10-19/h3-4,11-12,16H,2,5-10H2,1H3. The number of nitrogens with one attached hydrogen (secondary N) is 1. The maximum Gasteiger partial charge on any atom is 0.0955 e. The summed E-state index contributed by atoms with van der Waals surface area (Å²) in [5.74, 6) is 0. The molecule has 4 nitrogen and oxygen atoms in total. The molecule has 3 rings (SSSR count). The van der Waals surface area contributed by atoms with Gasteiger partial charge in [-0.05, 0) is 43.6 Å². The van der Waals surface area contributed by atoms with Crippen LogP contribution in [0.3, 0.4) is 0 Å². The molecule has 1 aromatic heterocycles. The molecule has 4 heteroatoms. The van der Waals surface area contributed by atoms with Crippen LogP contribution in [0.4, 0.5) is 0 Å². The minimum absolute atomic E-state index is 1.11. The van der Waals surface area contributed by atoms with E-state index in [1.54, 1.807) is 0 Å². The lowest BCUT2D eigenvalue weighted by atomic mass is 10.1. The molecule has 0 saturated carbocycles. The van der Waals surface area contributed by atoms with E-state index in [4.69, 9.17) is 0 Å². The molecule has 1 aromatic carbocycles. The van der Waals surface area contributed by atoms with Crippen LogP contribution >= 0.6 is 0 Å². The van der Waals surface area contributed by atoms with E-state index in [1.807, 2.05) is 13.4 Å². The summed E-state index contributed by atoms with van der Waals surface area (Å²) in [5, 5.41) is 3.45. The van der Waals surface area contributed by atoms with Gasteiger partial charge in [-0.15, -0.1) is 0 Å². The van der Waals surface area contributed by atoms with E-state index in [9.17, 15) is 0 Å². The van der Waals surface area contributed by atoms with Gasteiger partial charge in [-0.25, -0.2) is 4.98 Å². The average Bonchev–Trinajstić information content (AvgIpc) is 2.66. The van der Waals surface area contributed by atoms with Crippen LogP contribution in [-0.4, -0.2) is 47.2 Å². The van der Waals surface area contributed by atoms with Gasteiger partial charge >= 0.3 is 0 Å². The van der Waals surface area contributed by atoms with E-state index in [1.165, 1.54) is 30.6 Å². The van der Waals surface area contributed by atoms with Gasteiger partial charge in [-0.1, -0.05) is 6.07 Å². The first kappa shape index (κ1) is 12.6. The molecule has 0 spiro atoms. The molecule has 1 aliphatic heterocycles. The van der Waals surface area contributed by atoms with Crippen LogP contribution in [0.15, 0.2) is 24.5 Å². The van der Waals surface area contributed by atoms with Crippen molar-refractivity contribution in [3.8, 4) is 0 Å². The van der Waals surface area contributed by atoms with Gasteiger partial charge in [0.2, 0.25) is 0 Å². The van der Waals surface area contributed by atoms with E-state index in [-0.39, 0.29) is 0 Å². The maximum absolute atomic E-state index is 4.43. The predicted octanol–water partition coefficient (Wildman–Crippen LogP) is 1.41. The molecule has 0 radical (unpaired) electrons. The Labute approximate surface area is 114 Å². The highest BCUT2D eigenvalue weighted by Gasteiger charge is 2.08. The molecule has 1 fully saturated rings. The minimum Gasteiger partial charge on any atom is -0.334 e. The van der Waals surface area contributed by atoms with Crippen LogP contribution in [0.25, 0.3) is 11.0 Å². The number of aromatic nitrogens is 2. The van der Waals surface area contributed by atoms with Crippen molar-refractivity contribution in [2.75, 3.05) is 32.7 Å². The molecule has 1 saturated heterocycles. The lowest BCUT2D eigenvalue weighted by molar-refractivity contribution is 0.296. The number of fused-ring (bicyclic) bond motifs is 1. The lowest BCUT2D eigenvalue weighted by Gasteiger charge is -2.19. The molecule has 0 amide bonds. The molecule has 19 heavy (non-hydrogen) atoms. The van der Waals surface area contributed by atoms with Crippen LogP contribution in [0.5, 0.6) is 0 Å². The number of hydrogen-bond acceptors (Lipinski definition) is 3.